The van der Waals surface area contributed by atoms with Crippen molar-refractivity contribution in [2.45, 2.75) is 0 Å². The maximum Gasteiger partial charge on any atom is 0.136 e. The summed E-state index contributed by atoms with van der Waals surface area (Å²) in [6.07, 6.45) is 0. The maximum atomic E-state index is 6.69. The molecule has 0 fully saturated rings. The van der Waals surface area contributed by atoms with Gasteiger partial charge in [0.1, 0.15) is 22.3 Å². The van der Waals surface area contributed by atoms with E-state index >= 15 is 0 Å². The summed E-state index contributed by atoms with van der Waals surface area (Å²) in [7, 11) is 0. The normalized spacial score (nSPS) is 12.0. The molecule has 2 aromatic heterocycles. The van der Waals surface area contributed by atoms with Gasteiger partial charge >= 0.3 is 0 Å². The molecule has 0 spiro atoms. The van der Waals surface area contributed by atoms with Crippen molar-refractivity contribution in [3.05, 3.63) is 206 Å². The second-order valence-corrected chi connectivity index (χ2v) is 15.9. The van der Waals surface area contributed by atoms with Crippen LogP contribution in [0, 0.1) is 0 Å². The van der Waals surface area contributed by atoms with E-state index in [0.29, 0.717) is 0 Å². The van der Waals surface area contributed by atoms with Crippen molar-refractivity contribution >= 4 is 87.0 Å². The first-order valence-corrected chi connectivity index (χ1v) is 20.6. The predicted octanol–water partition coefficient (Wildman–Crippen LogP) is 16.8. The zero-order valence-corrected chi connectivity index (χ0v) is 32.4. The van der Waals surface area contributed by atoms with Crippen molar-refractivity contribution in [3.8, 4) is 44.5 Å². The molecule has 0 aliphatic rings. The molecule has 0 aliphatic heterocycles. The van der Waals surface area contributed by atoms with E-state index in [1.54, 1.807) is 0 Å². The first-order valence-electron chi connectivity index (χ1n) is 20.6. The first-order chi connectivity index (χ1) is 29.7. The Bertz CT molecular complexity index is 3820. The zero-order valence-electron chi connectivity index (χ0n) is 32.4. The minimum absolute atomic E-state index is 0.865. The SMILES string of the molecule is c1cc(-c2ccc3ccccc3c2)cc(-c2c3ccccc3c(-c3ccc(-c4cc5oc6ccc7oc8ccccc8c7c6c5c5ccccc45)cc3)c3ccccc23)c1. The van der Waals surface area contributed by atoms with Crippen molar-refractivity contribution in [2.75, 3.05) is 0 Å². The lowest BCUT2D eigenvalue weighted by molar-refractivity contribution is 0.663. The quantitative estimate of drug-likeness (QED) is 0.167. The highest BCUT2D eigenvalue weighted by atomic mass is 16.3. The third kappa shape index (κ3) is 4.88. The van der Waals surface area contributed by atoms with E-state index in [1.165, 1.54) is 76.5 Å². The van der Waals surface area contributed by atoms with Gasteiger partial charge in [-0.05, 0) is 124 Å². The van der Waals surface area contributed by atoms with E-state index in [0.717, 1.165) is 55.0 Å². The fourth-order valence-electron chi connectivity index (χ4n) is 9.97. The molecule has 11 aromatic carbocycles. The van der Waals surface area contributed by atoms with E-state index in [-0.39, 0.29) is 0 Å². The number of hydrogen-bond acceptors (Lipinski definition) is 2. The van der Waals surface area contributed by atoms with Gasteiger partial charge in [-0.25, -0.2) is 0 Å². The third-order valence-electron chi connectivity index (χ3n) is 12.6. The highest BCUT2D eigenvalue weighted by molar-refractivity contribution is 6.32. The van der Waals surface area contributed by atoms with Crippen LogP contribution in [0.25, 0.3) is 131 Å². The largest absolute Gasteiger partial charge is 0.456 e. The smallest absolute Gasteiger partial charge is 0.136 e. The van der Waals surface area contributed by atoms with Crippen molar-refractivity contribution < 1.29 is 8.83 Å². The average molecular weight is 763 g/mol. The number of hydrogen-bond donors (Lipinski definition) is 0. The molecule has 0 amide bonds. The molecule has 2 heteroatoms. The molecule has 0 radical (unpaired) electrons. The van der Waals surface area contributed by atoms with E-state index < -0.39 is 0 Å². The lowest BCUT2D eigenvalue weighted by atomic mass is 9.85. The number of rotatable bonds is 4. The van der Waals surface area contributed by atoms with Gasteiger partial charge in [-0.15, -0.1) is 0 Å². The van der Waals surface area contributed by atoms with Crippen LogP contribution in [0.2, 0.25) is 0 Å². The summed E-state index contributed by atoms with van der Waals surface area (Å²) >= 11 is 0. The van der Waals surface area contributed by atoms with Gasteiger partial charge in [0.15, 0.2) is 0 Å². The molecule has 0 atom stereocenters. The van der Waals surface area contributed by atoms with Gasteiger partial charge in [0.2, 0.25) is 0 Å². The van der Waals surface area contributed by atoms with Gasteiger partial charge in [0.25, 0.3) is 0 Å². The molecule has 13 rings (SSSR count). The molecule has 60 heavy (non-hydrogen) atoms. The van der Waals surface area contributed by atoms with Gasteiger partial charge < -0.3 is 8.83 Å². The van der Waals surface area contributed by atoms with Gasteiger partial charge in [-0.2, -0.15) is 0 Å². The number of benzene rings is 11. The molecule has 0 N–H and O–H groups in total. The Hall–Kier alpha value is -7.94. The fourth-order valence-corrected chi connectivity index (χ4v) is 9.97. The van der Waals surface area contributed by atoms with Crippen LogP contribution in [0.1, 0.15) is 0 Å². The van der Waals surface area contributed by atoms with Crippen molar-refractivity contribution in [1.29, 1.82) is 0 Å². The summed E-state index contributed by atoms with van der Waals surface area (Å²) in [6, 6.07) is 74.6. The van der Waals surface area contributed by atoms with Gasteiger partial charge in [0, 0.05) is 21.5 Å². The van der Waals surface area contributed by atoms with Crippen LogP contribution >= 0.6 is 0 Å². The number of furan rings is 2. The van der Waals surface area contributed by atoms with Crippen LogP contribution < -0.4 is 0 Å². The Kier molecular flexibility index (Phi) is 7.05. The van der Waals surface area contributed by atoms with E-state index in [1.807, 2.05) is 24.3 Å². The molecule has 0 aliphatic carbocycles. The van der Waals surface area contributed by atoms with Crippen LogP contribution in [0.5, 0.6) is 0 Å². The van der Waals surface area contributed by atoms with Crippen molar-refractivity contribution in [3.63, 3.8) is 0 Å². The summed E-state index contributed by atoms with van der Waals surface area (Å²) in [5, 5.41) is 14.3. The Labute approximate surface area is 345 Å². The summed E-state index contributed by atoms with van der Waals surface area (Å²) < 4.78 is 13.0. The van der Waals surface area contributed by atoms with Crippen LogP contribution in [0.15, 0.2) is 215 Å². The highest BCUT2D eigenvalue weighted by Gasteiger charge is 2.21. The van der Waals surface area contributed by atoms with Crippen LogP contribution in [0.3, 0.4) is 0 Å². The maximum absolute atomic E-state index is 6.69. The molecule has 2 nitrogen and oxygen atoms in total. The van der Waals surface area contributed by atoms with Gasteiger partial charge in [-0.3, -0.25) is 0 Å². The molecule has 278 valence electrons. The third-order valence-corrected chi connectivity index (χ3v) is 12.6. The topological polar surface area (TPSA) is 26.3 Å². The van der Waals surface area contributed by atoms with E-state index in [4.69, 9.17) is 8.83 Å². The molecule has 13 aromatic rings. The predicted molar refractivity (Wildman–Crippen MR) is 253 cm³/mol. The van der Waals surface area contributed by atoms with Crippen LogP contribution in [-0.4, -0.2) is 0 Å². The van der Waals surface area contributed by atoms with Crippen LogP contribution in [0.4, 0.5) is 0 Å². The average Bonchev–Trinajstić information content (AvgIpc) is 3.89. The lowest BCUT2D eigenvalue weighted by Gasteiger charge is -2.18. The molecule has 0 saturated heterocycles. The van der Waals surface area contributed by atoms with Gasteiger partial charge in [0.05, 0.1) is 0 Å². The number of para-hydroxylation sites is 1. The lowest BCUT2D eigenvalue weighted by Crippen LogP contribution is -1.91. The molecule has 0 unspecified atom stereocenters. The standard InChI is InChI=1S/C58H34O2/c1-2-13-38-32-40(29-24-35(38)12-1)39-14-11-15-41(33-39)55-46-20-7-5-18-44(46)54(45-19-6-8-21-47(45)55)37-27-25-36(26-28-37)49-34-53-56(43-17-4-3-16-42(43)49)58-52(60-53)31-30-51-57(58)48-22-9-10-23-50(48)59-51/h1-34H. The monoisotopic (exact) mass is 762 g/mol. The molecule has 0 bridgehead atoms. The molecule has 2 heterocycles. The summed E-state index contributed by atoms with van der Waals surface area (Å²) in [5.74, 6) is 0. The molecular weight excluding hydrogens is 729 g/mol. The minimum atomic E-state index is 0.865. The Balaban J connectivity index is 0.968. The second kappa shape index (κ2) is 12.8. The molecule has 0 saturated carbocycles. The summed E-state index contributed by atoms with van der Waals surface area (Å²) in [5.41, 5.74) is 13.1. The zero-order chi connectivity index (χ0) is 39.3. The molecular formula is C58H34O2. The van der Waals surface area contributed by atoms with Gasteiger partial charge in [-0.1, -0.05) is 170 Å². The highest BCUT2D eigenvalue weighted by Crippen LogP contribution is 2.47. The van der Waals surface area contributed by atoms with E-state index in [9.17, 15) is 0 Å². The number of fused-ring (bicyclic) bond motifs is 12. The summed E-state index contributed by atoms with van der Waals surface area (Å²) in [6.45, 7) is 0. The Morgan fingerprint density at radius 1 is 0.233 bits per heavy atom. The second-order valence-electron chi connectivity index (χ2n) is 15.9. The fraction of sp³-hybridized carbons (Fsp3) is 0. The Morgan fingerprint density at radius 3 is 1.47 bits per heavy atom. The summed E-state index contributed by atoms with van der Waals surface area (Å²) in [4.78, 5) is 0. The first kappa shape index (κ1) is 33.1. The van der Waals surface area contributed by atoms with Crippen molar-refractivity contribution in [2.24, 2.45) is 0 Å². The minimum Gasteiger partial charge on any atom is -0.456 e. The van der Waals surface area contributed by atoms with Crippen molar-refractivity contribution in [1.82, 2.24) is 0 Å². The van der Waals surface area contributed by atoms with Crippen LogP contribution in [-0.2, 0) is 0 Å². The van der Waals surface area contributed by atoms with E-state index in [2.05, 4.69) is 182 Å². The Morgan fingerprint density at radius 2 is 0.733 bits per heavy atom.